The van der Waals surface area contributed by atoms with Gasteiger partial charge in [-0.2, -0.15) is 0 Å². The highest BCUT2D eigenvalue weighted by molar-refractivity contribution is 6.27. The van der Waals surface area contributed by atoms with Gasteiger partial charge in [0.25, 0.3) is 5.91 Å². The van der Waals surface area contributed by atoms with Crippen molar-refractivity contribution < 1.29 is 19.8 Å². The molecule has 0 aromatic rings. The predicted molar refractivity (Wildman–Crippen MR) is 108 cm³/mol. The Hall–Kier alpha value is -1.88. The van der Waals surface area contributed by atoms with E-state index in [0.29, 0.717) is 11.8 Å². The average molecular weight is 388 g/mol. The van der Waals surface area contributed by atoms with Crippen LogP contribution in [0.5, 0.6) is 0 Å². The molecule has 5 nitrogen and oxygen atoms in total. The maximum atomic E-state index is 12.8. The second kappa shape index (κ2) is 7.51. The molecule has 3 aliphatic rings. The predicted octanol–water partition coefficient (Wildman–Crippen LogP) is 3.46. The Kier molecular flexibility index (Phi) is 5.59. The van der Waals surface area contributed by atoms with Crippen LogP contribution in [-0.2, 0) is 9.59 Å². The van der Waals surface area contributed by atoms with Crippen molar-refractivity contribution in [3.05, 3.63) is 35.1 Å². The molecule has 1 heterocycles. The van der Waals surface area contributed by atoms with Gasteiger partial charge in [-0.1, -0.05) is 44.1 Å². The third kappa shape index (κ3) is 3.14. The molecule has 0 unspecified atom stereocenters. The summed E-state index contributed by atoms with van der Waals surface area (Å²) in [6.07, 6.45) is 8.45. The molecular formula is C23H33NO4. The Morgan fingerprint density at radius 3 is 2.61 bits per heavy atom. The number of hydrogen-bond donors (Lipinski definition) is 3. The van der Waals surface area contributed by atoms with Gasteiger partial charge in [0.2, 0.25) is 0 Å². The number of carbonyl (C=O) groups excluding carboxylic acids is 2. The zero-order valence-electron chi connectivity index (χ0n) is 17.5. The number of aliphatic hydroxyl groups is 2. The molecule has 1 saturated heterocycles. The minimum atomic E-state index is -1.00. The lowest BCUT2D eigenvalue weighted by Crippen LogP contribution is -2.46. The summed E-state index contributed by atoms with van der Waals surface area (Å²) in [7, 11) is 0. The van der Waals surface area contributed by atoms with Crippen LogP contribution in [0.25, 0.3) is 0 Å². The summed E-state index contributed by atoms with van der Waals surface area (Å²) < 4.78 is 0. The molecule has 3 rings (SSSR count). The first-order valence-corrected chi connectivity index (χ1v) is 10.4. The molecule has 0 aromatic carbocycles. The van der Waals surface area contributed by atoms with E-state index < -0.39 is 29.3 Å². The second-order valence-electron chi connectivity index (χ2n) is 9.16. The summed E-state index contributed by atoms with van der Waals surface area (Å²) in [6.45, 7) is 9.75. The van der Waals surface area contributed by atoms with E-state index in [9.17, 15) is 19.8 Å². The maximum Gasteiger partial charge on any atom is 0.259 e. The zero-order chi connectivity index (χ0) is 20.8. The number of nitrogens with one attached hydrogen (secondary N) is 1. The third-order valence-corrected chi connectivity index (χ3v) is 7.20. The van der Waals surface area contributed by atoms with Gasteiger partial charge in [-0.05, 0) is 51.4 Å². The van der Waals surface area contributed by atoms with Crippen LogP contribution in [0.15, 0.2) is 35.1 Å². The second-order valence-corrected chi connectivity index (χ2v) is 9.16. The molecule has 0 radical (unpaired) electrons. The number of allylic oxidation sites excluding steroid dienone is 5. The monoisotopic (exact) mass is 387 g/mol. The van der Waals surface area contributed by atoms with Crippen molar-refractivity contribution in [2.75, 3.05) is 0 Å². The van der Waals surface area contributed by atoms with Gasteiger partial charge >= 0.3 is 0 Å². The van der Waals surface area contributed by atoms with Crippen LogP contribution in [0.3, 0.4) is 0 Å². The molecule has 28 heavy (non-hydrogen) atoms. The summed E-state index contributed by atoms with van der Waals surface area (Å²) in [5, 5.41) is 23.8. The molecule has 1 amide bonds. The molecule has 0 spiro atoms. The van der Waals surface area contributed by atoms with E-state index in [-0.39, 0.29) is 23.2 Å². The Morgan fingerprint density at radius 1 is 1.36 bits per heavy atom. The largest absolute Gasteiger partial charge is 0.511 e. The first-order chi connectivity index (χ1) is 13.1. The summed E-state index contributed by atoms with van der Waals surface area (Å²) in [4.78, 5) is 25.4. The first kappa shape index (κ1) is 20.8. The number of ketones is 1. The van der Waals surface area contributed by atoms with E-state index >= 15 is 0 Å². The van der Waals surface area contributed by atoms with Crippen molar-refractivity contribution in [1.82, 2.24) is 5.32 Å². The quantitative estimate of drug-likeness (QED) is 0.300. The fourth-order valence-electron chi connectivity index (χ4n) is 5.75. The van der Waals surface area contributed by atoms with Crippen molar-refractivity contribution in [1.29, 1.82) is 0 Å². The number of amides is 1. The van der Waals surface area contributed by atoms with Gasteiger partial charge in [0.05, 0.1) is 6.10 Å². The summed E-state index contributed by atoms with van der Waals surface area (Å²) in [5.74, 6) is -0.173. The van der Waals surface area contributed by atoms with Crippen molar-refractivity contribution in [3.8, 4) is 0 Å². The molecule has 1 saturated carbocycles. The SMILES string of the molecule is C/C=C/[C@@H]1C(C)=C[C@@H]2C[C@H](C)CC[C@H]2[C@]1(C)/C(O)=C1\C(=O)N[C@@H]([C@@H](C)O)C1=O. The fraction of sp³-hybridized carbons (Fsp3) is 0.652. The highest BCUT2D eigenvalue weighted by atomic mass is 16.3. The molecule has 7 atom stereocenters. The molecule has 2 aliphatic carbocycles. The van der Waals surface area contributed by atoms with Crippen molar-refractivity contribution in [2.45, 2.75) is 66.0 Å². The van der Waals surface area contributed by atoms with Gasteiger partial charge in [-0.25, -0.2) is 0 Å². The van der Waals surface area contributed by atoms with Crippen LogP contribution >= 0.6 is 0 Å². The highest BCUT2D eigenvalue weighted by Crippen LogP contribution is 2.57. The topological polar surface area (TPSA) is 86.6 Å². The van der Waals surface area contributed by atoms with Crippen LogP contribution < -0.4 is 5.32 Å². The molecule has 5 heteroatoms. The van der Waals surface area contributed by atoms with E-state index in [4.69, 9.17) is 0 Å². The Bertz CT molecular complexity index is 763. The van der Waals surface area contributed by atoms with E-state index in [1.54, 1.807) is 0 Å². The number of hydrogen-bond acceptors (Lipinski definition) is 4. The normalized spacial score (nSPS) is 41.5. The Balaban J connectivity index is 2.16. The molecular weight excluding hydrogens is 354 g/mol. The first-order valence-electron chi connectivity index (χ1n) is 10.4. The summed E-state index contributed by atoms with van der Waals surface area (Å²) in [5.41, 5.74) is 0.266. The molecule has 1 aliphatic heterocycles. The Morgan fingerprint density at radius 2 is 2.04 bits per heavy atom. The van der Waals surface area contributed by atoms with E-state index in [2.05, 4.69) is 31.3 Å². The lowest BCUT2D eigenvalue weighted by atomic mass is 9.52. The lowest BCUT2D eigenvalue weighted by Gasteiger charge is -2.52. The van der Waals surface area contributed by atoms with Crippen molar-refractivity contribution in [2.24, 2.45) is 29.1 Å². The van der Waals surface area contributed by atoms with Crippen LogP contribution in [0.2, 0.25) is 0 Å². The van der Waals surface area contributed by atoms with Crippen LogP contribution in [-0.4, -0.2) is 34.0 Å². The number of rotatable bonds is 3. The van der Waals surface area contributed by atoms with Crippen molar-refractivity contribution in [3.63, 3.8) is 0 Å². The van der Waals surface area contributed by atoms with Gasteiger partial charge in [0.15, 0.2) is 5.78 Å². The average Bonchev–Trinajstić information content (AvgIpc) is 2.92. The van der Waals surface area contributed by atoms with Gasteiger partial charge in [0, 0.05) is 11.3 Å². The minimum absolute atomic E-state index is 0.0779. The van der Waals surface area contributed by atoms with Gasteiger partial charge < -0.3 is 15.5 Å². The Labute approximate surface area is 167 Å². The maximum absolute atomic E-state index is 12.8. The number of Topliss-reactive ketones (excluding diaryl/α,β-unsaturated/α-hetero) is 1. The number of fused-ring (bicyclic) bond motifs is 1. The number of carbonyl (C=O) groups is 2. The van der Waals surface area contributed by atoms with E-state index in [1.807, 2.05) is 19.9 Å². The number of aliphatic hydroxyl groups excluding tert-OH is 2. The third-order valence-electron chi connectivity index (χ3n) is 7.20. The standard InChI is InChI=1S/C23H33NO4/c1-6-7-16-13(3)11-15-10-12(2)8-9-17(15)23(16,5)21(27)18-20(26)19(14(4)25)24-22(18)28/h6-7,11-12,14-17,19,25,27H,8-10H2,1-5H3,(H,24,28)/b7-6+,21-18+/t12-,14-,15+,16-,17-,19+,23-/m1/s1. The van der Waals surface area contributed by atoms with Gasteiger partial charge in [-0.3, -0.25) is 9.59 Å². The van der Waals surface area contributed by atoms with Gasteiger partial charge in [0.1, 0.15) is 17.4 Å². The lowest BCUT2D eigenvalue weighted by molar-refractivity contribution is -0.118. The molecule has 0 aromatic heterocycles. The van der Waals surface area contributed by atoms with E-state index in [1.165, 1.54) is 12.5 Å². The summed E-state index contributed by atoms with van der Waals surface area (Å²) >= 11 is 0. The molecule has 0 bridgehead atoms. The van der Waals surface area contributed by atoms with Crippen LogP contribution in [0.1, 0.15) is 53.9 Å². The fourth-order valence-corrected chi connectivity index (χ4v) is 5.75. The molecule has 154 valence electrons. The minimum Gasteiger partial charge on any atom is -0.511 e. The molecule has 3 N–H and O–H groups in total. The van der Waals surface area contributed by atoms with Crippen LogP contribution in [0, 0.1) is 29.1 Å². The van der Waals surface area contributed by atoms with E-state index in [0.717, 1.165) is 19.3 Å². The highest BCUT2D eigenvalue weighted by Gasteiger charge is 2.54. The smallest absolute Gasteiger partial charge is 0.259 e. The zero-order valence-corrected chi connectivity index (χ0v) is 17.5. The van der Waals surface area contributed by atoms with Crippen molar-refractivity contribution >= 4 is 11.7 Å². The molecule has 2 fully saturated rings. The summed E-state index contributed by atoms with van der Waals surface area (Å²) in [6, 6.07) is -0.990. The van der Waals surface area contributed by atoms with Gasteiger partial charge in [-0.15, -0.1) is 0 Å². The van der Waals surface area contributed by atoms with Crippen LogP contribution in [0.4, 0.5) is 0 Å².